The van der Waals surface area contributed by atoms with Crippen molar-refractivity contribution in [2.24, 2.45) is 5.73 Å². The highest BCUT2D eigenvalue weighted by Gasteiger charge is 2.37. The molecular formula is C12H20N2O. The Morgan fingerprint density at radius 3 is 2.40 bits per heavy atom. The third kappa shape index (κ3) is 2.97. The minimum atomic E-state index is -0.702. The van der Waals surface area contributed by atoms with E-state index in [9.17, 15) is 4.79 Å². The van der Waals surface area contributed by atoms with E-state index in [0.717, 1.165) is 25.7 Å². The summed E-state index contributed by atoms with van der Waals surface area (Å²) in [6.07, 6.45) is 10.1. The fourth-order valence-electron chi connectivity index (χ4n) is 1.85. The van der Waals surface area contributed by atoms with Crippen LogP contribution in [0.3, 0.4) is 0 Å². The molecule has 0 radical (unpaired) electrons. The van der Waals surface area contributed by atoms with E-state index in [-0.39, 0.29) is 5.91 Å². The van der Waals surface area contributed by atoms with Gasteiger partial charge in [0, 0.05) is 0 Å². The molecule has 3 heteroatoms. The lowest BCUT2D eigenvalue weighted by atomic mass is 9.81. The summed E-state index contributed by atoms with van der Waals surface area (Å²) in [7, 11) is 0. The highest BCUT2D eigenvalue weighted by atomic mass is 16.2. The summed E-state index contributed by atoms with van der Waals surface area (Å²) < 4.78 is 0. The number of nitrogens with two attached hydrogens (primary N) is 1. The summed E-state index contributed by atoms with van der Waals surface area (Å²) in [5.74, 6) is 2.43. The van der Waals surface area contributed by atoms with E-state index in [1.807, 2.05) is 0 Å². The Balaban J connectivity index is 2.64. The Bertz CT molecular complexity index is 282. The highest BCUT2D eigenvalue weighted by Crippen LogP contribution is 2.26. The van der Waals surface area contributed by atoms with Gasteiger partial charge in [-0.3, -0.25) is 4.79 Å². The predicted octanol–water partition coefficient (Wildman–Crippen LogP) is 1.18. The molecule has 1 rings (SSSR count). The van der Waals surface area contributed by atoms with E-state index in [1.165, 1.54) is 6.42 Å². The number of amides is 1. The molecule has 84 valence electrons. The number of carbonyl (C=O) groups is 1. The third-order valence-electron chi connectivity index (χ3n) is 2.98. The van der Waals surface area contributed by atoms with Gasteiger partial charge in [-0.1, -0.05) is 25.2 Å². The van der Waals surface area contributed by atoms with Crippen LogP contribution >= 0.6 is 0 Å². The molecule has 3 N–H and O–H groups in total. The molecule has 1 aliphatic carbocycles. The van der Waals surface area contributed by atoms with E-state index < -0.39 is 11.1 Å². The largest absolute Gasteiger partial charge is 0.339 e. The van der Waals surface area contributed by atoms with E-state index in [0.29, 0.717) is 0 Å². The summed E-state index contributed by atoms with van der Waals surface area (Å²) >= 11 is 0. The first-order chi connectivity index (χ1) is 6.90. The van der Waals surface area contributed by atoms with Gasteiger partial charge in [-0.2, -0.15) is 0 Å². The van der Waals surface area contributed by atoms with E-state index in [1.54, 1.807) is 13.8 Å². The second kappa shape index (κ2) is 4.24. The molecule has 0 aliphatic heterocycles. The van der Waals surface area contributed by atoms with Crippen LogP contribution in [0.15, 0.2) is 0 Å². The van der Waals surface area contributed by atoms with Crippen LogP contribution in [-0.2, 0) is 4.79 Å². The van der Waals surface area contributed by atoms with Gasteiger partial charge >= 0.3 is 0 Å². The van der Waals surface area contributed by atoms with Gasteiger partial charge in [0.25, 0.3) is 0 Å². The summed E-state index contributed by atoms with van der Waals surface area (Å²) in [6, 6.07) is 0. The molecule has 0 unspecified atom stereocenters. The lowest BCUT2D eigenvalue weighted by Gasteiger charge is -2.34. The Morgan fingerprint density at radius 1 is 1.40 bits per heavy atom. The number of hydrogen-bond acceptors (Lipinski definition) is 2. The summed E-state index contributed by atoms with van der Waals surface area (Å²) in [6.45, 7) is 3.61. The van der Waals surface area contributed by atoms with Crippen molar-refractivity contribution < 1.29 is 4.79 Å². The lowest BCUT2D eigenvalue weighted by molar-refractivity contribution is -0.128. The molecule has 1 fully saturated rings. The highest BCUT2D eigenvalue weighted by molar-refractivity contribution is 5.87. The topological polar surface area (TPSA) is 55.1 Å². The maximum Gasteiger partial charge on any atom is 0.241 e. The number of terminal acetylenes is 1. The van der Waals surface area contributed by atoms with Crippen LogP contribution in [-0.4, -0.2) is 17.0 Å². The van der Waals surface area contributed by atoms with Gasteiger partial charge < -0.3 is 11.1 Å². The van der Waals surface area contributed by atoms with E-state index >= 15 is 0 Å². The number of hydrogen-bond donors (Lipinski definition) is 2. The van der Waals surface area contributed by atoms with Crippen molar-refractivity contribution in [3.63, 3.8) is 0 Å². The zero-order valence-electron chi connectivity index (χ0n) is 9.60. The van der Waals surface area contributed by atoms with Gasteiger partial charge in [-0.25, -0.2) is 0 Å². The average Bonchev–Trinajstić information content (AvgIpc) is 2.18. The summed E-state index contributed by atoms with van der Waals surface area (Å²) in [5, 5.41) is 2.82. The van der Waals surface area contributed by atoms with Crippen molar-refractivity contribution in [1.29, 1.82) is 0 Å². The van der Waals surface area contributed by atoms with Crippen molar-refractivity contribution in [1.82, 2.24) is 5.32 Å². The number of carbonyl (C=O) groups excluding carboxylic acids is 1. The molecule has 1 aliphatic rings. The molecule has 0 aromatic carbocycles. The quantitative estimate of drug-likeness (QED) is 0.669. The van der Waals surface area contributed by atoms with Gasteiger partial charge in [-0.05, 0) is 26.7 Å². The molecule has 0 spiro atoms. The van der Waals surface area contributed by atoms with Crippen LogP contribution in [0.1, 0.15) is 46.0 Å². The number of rotatable bonds is 2. The molecular weight excluding hydrogens is 188 g/mol. The van der Waals surface area contributed by atoms with Crippen LogP contribution in [0, 0.1) is 12.3 Å². The van der Waals surface area contributed by atoms with Crippen LogP contribution in [0.4, 0.5) is 0 Å². The monoisotopic (exact) mass is 208 g/mol. The zero-order valence-corrected chi connectivity index (χ0v) is 9.60. The van der Waals surface area contributed by atoms with E-state index in [4.69, 9.17) is 12.2 Å². The van der Waals surface area contributed by atoms with Crippen LogP contribution in [0.25, 0.3) is 0 Å². The van der Waals surface area contributed by atoms with Crippen molar-refractivity contribution in [3.05, 3.63) is 0 Å². The van der Waals surface area contributed by atoms with Crippen molar-refractivity contribution >= 4 is 5.91 Å². The molecule has 0 heterocycles. The molecule has 0 atom stereocenters. The third-order valence-corrected chi connectivity index (χ3v) is 2.98. The molecule has 0 aromatic heterocycles. The summed E-state index contributed by atoms with van der Waals surface area (Å²) in [4.78, 5) is 12.0. The van der Waals surface area contributed by atoms with Crippen molar-refractivity contribution in [2.45, 2.75) is 57.0 Å². The second-order valence-corrected chi connectivity index (χ2v) is 4.94. The first-order valence-corrected chi connectivity index (χ1v) is 5.49. The second-order valence-electron chi connectivity index (χ2n) is 4.94. The average molecular weight is 208 g/mol. The molecule has 0 aromatic rings. The molecule has 0 saturated heterocycles. The molecule has 3 nitrogen and oxygen atoms in total. The minimum Gasteiger partial charge on any atom is -0.339 e. The van der Waals surface area contributed by atoms with Gasteiger partial charge in [0.2, 0.25) is 5.91 Å². The SMILES string of the molecule is C#CC(C)(C)NC(=O)C1(N)CCCCC1. The Kier molecular flexibility index (Phi) is 3.41. The Hall–Kier alpha value is -1.01. The maximum absolute atomic E-state index is 12.0. The minimum absolute atomic E-state index is 0.106. The Labute approximate surface area is 91.8 Å². The fourth-order valence-corrected chi connectivity index (χ4v) is 1.85. The lowest BCUT2D eigenvalue weighted by Crippen LogP contribution is -2.59. The van der Waals surface area contributed by atoms with Gasteiger partial charge in [0.05, 0.1) is 11.1 Å². The molecule has 1 saturated carbocycles. The Morgan fingerprint density at radius 2 is 1.93 bits per heavy atom. The first kappa shape index (κ1) is 12.1. The standard InChI is InChI=1S/C12H20N2O/c1-4-11(2,3)14-10(15)12(13)8-6-5-7-9-12/h1H,5-9,13H2,2-3H3,(H,14,15). The van der Waals surface area contributed by atoms with Gasteiger partial charge in [0.1, 0.15) is 0 Å². The van der Waals surface area contributed by atoms with Gasteiger partial charge in [-0.15, -0.1) is 6.42 Å². The first-order valence-electron chi connectivity index (χ1n) is 5.49. The van der Waals surface area contributed by atoms with Crippen LogP contribution in [0.2, 0.25) is 0 Å². The predicted molar refractivity (Wildman–Crippen MR) is 61.1 cm³/mol. The smallest absolute Gasteiger partial charge is 0.241 e. The summed E-state index contributed by atoms with van der Waals surface area (Å²) in [5.41, 5.74) is 4.77. The van der Waals surface area contributed by atoms with Crippen molar-refractivity contribution in [3.8, 4) is 12.3 Å². The van der Waals surface area contributed by atoms with Crippen LogP contribution < -0.4 is 11.1 Å². The molecule has 1 amide bonds. The number of nitrogens with one attached hydrogen (secondary N) is 1. The molecule has 0 bridgehead atoms. The van der Waals surface area contributed by atoms with Gasteiger partial charge in [0.15, 0.2) is 0 Å². The van der Waals surface area contributed by atoms with Crippen molar-refractivity contribution in [2.75, 3.05) is 0 Å². The zero-order chi connectivity index (χ0) is 11.5. The normalized spacial score (nSPS) is 20.4. The maximum atomic E-state index is 12.0. The fraction of sp³-hybridized carbons (Fsp3) is 0.750. The molecule has 15 heavy (non-hydrogen) atoms. The van der Waals surface area contributed by atoms with E-state index in [2.05, 4.69) is 11.2 Å². The van der Waals surface area contributed by atoms with Crippen LogP contribution in [0.5, 0.6) is 0 Å².